The van der Waals surface area contributed by atoms with E-state index >= 15 is 0 Å². The number of amides is 1. The molecule has 6 nitrogen and oxygen atoms in total. The van der Waals surface area contributed by atoms with Crippen LogP contribution in [0, 0.1) is 13.8 Å². The van der Waals surface area contributed by atoms with Gasteiger partial charge >= 0.3 is 0 Å². The number of carbonyl (C=O) groups excluding carboxylic acids is 1. The van der Waals surface area contributed by atoms with E-state index in [9.17, 15) is 4.79 Å². The number of hydrogen-bond donors (Lipinski definition) is 0. The minimum atomic E-state index is 0.0688. The number of anilines is 1. The molecule has 0 atom stereocenters. The fourth-order valence-electron chi connectivity index (χ4n) is 4.32. The molecule has 1 aromatic heterocycles. The van der Waals surface area contributed by atoms with E-state index in [4.69, 9.17) is 9.72 Å². The van der Waals surface area contributed by atoms with Crippen molar-refractivity contribution in [3.05, 3.63) is 82.8 Å². The van der Waals surface area contributed by atoms with Crippen molar-refractivity contribution < 1.29 is 9.53 Å². The molecule has 3 aromatic rings. The molecule has 0 unspecified atom stereocenters. The number of unbranched alkanes of at least 4 members (excludes halogenated alkanes) is 1. The number of aromatic nitrogens is 2. The first-order chi connectivity index (χ1) is 16.5. The molecule has 0 radical (unpaired) electrons. The van der Waals surface area contributed by atoms with E-state index in [1.54, 1.807) is 0 Å². The second kappa shape index (κ2) is 11.1. The van der Waals surface area contributed by atoms with Gasteiger partial charge in [0, 0.05) is 49.4 Å². The summed E-state index contributed by atoms with van der Waals surface area (Å²) in [6, 6.07) is 18.0. The van der Waals surface area contributed by atoms with E-state index in [1.165, 1.54) is 5.56 Å². The zero-order chi connectivity index (χ0) is 23.9. The molecule has 1 amide bonds. The summed E-state index contributed by atoms with van der Waals surface area (Å²) in [7, 11) is 0. The highest BCUT2D eigenvalue weighted by Gasteiger charge is 2.25. The van der Waals surface area contributed by atoms with Gasteiger partial charge in [-0.05, 0) is 50.1 Å². The molecular weight excluding hydrogens is 424 g/mol. The summed E-state index contributed by atoms with van der Waals surface area (Å²) in [4.78, 5) is 26.7. The third-order valence-electron chi connectivity index (χ3n) is 6.26. The highest BCUT2D eigenvalue weighted by atomic mass is 16.5. The van der Waals surface area contributed by atoms with Crippen molar-refractivity contribution in [3.8, 4) is 5.75 Å². The van der Waals surface area contributed by atoms with Gasteiger partial charge in [-0.15, -0.1) is 0 Å². The van der Waals surface area contributed by atoms with Crippen molar-refractivity contribution in [2.24, 2.45) is 0 Å². The van der Waals surface area contributed by atoms with Gasteiger partial charge in [0.1, 0.15) is 17.4 Å². The Morgan fingerprint density at radius 2 is 1.65 bits per heavy atom. The monoisotopic (exact) mass is 458 g/mol. The van der Waals surface area contributed by atoms with E-state index in [0.717, 1.165) is 61.0 Å². The van der Waals surface area contributed by atoms with Gasteiger partial charge < -0.3 is 14.5 Å². The first-order valence-electron chi connectivity index (χ1n) is 12.2. The van der Waals surface area contributed by atoms with Gasteiger partial charge in [-0.3, -0.25) is 4.79 Å². The van der Waals surface area contributed by atoms with Crippen molar-refractivity contribution in [1.29, 1.82) is 0 Å². The standard InChI is InChI=1S/C28H34N4O2/c1-4-5-19-34-25-13-11-24(12-14-25)28(33)32-17-15-31(16-18-32)27-26(21(2)29-22(3)30-27)20-23-9-7-6-8-10-23/h6-14H,4-5,15-20H2,1-3H3. The van der Waals surface area contributed by atoms with Gasteiger partial charge in [0.2, 0.25) is 0 Å². The van der Waals surface area contributed by atoms with Crippen molar-refractivity contribution in [2.75, 3.05) is 37.7 Å². The van der Waals surface area contributed by atoms with Crippen molar-refractivity contribution >= 4 is 11.7 Å². The molecule has 1 aliphatic rings. The summed E-state index contributed by atoms with van der Waals surface area (Å²) in [5, 5.41) is 0. The smallest absolute Gasteiger partial charge is 0.253 e. The lowest BCUT2D eigenvalue weighted by Crippen LogP contribution is -2.49. The Morgan fingerprint density at radius 1 is 0.941 bits per heavy atom. The lowest BCUT2D eigenvalue weighted by molar-refractivity contribution is 0.0746. The van der Waals surface area contributed by atoms with E-state index < -0.39 is 0 Å². The maximum Gasteiger partial charge on any atom is 0.253 e. The fraction of sp³-hybridized carbons (Fsp3) is 0.393. The van der Waals surface area contributed by atoms with E-state index in [2.05, 4.69) is 48.0 Å². The first-order valence-corrected chi connectivity index (χ1v) is 12.2. The molecule has 4 rings (SSSR count). The van der Waals surface area contributed by atoms with Gasteiger partial charge in [-0.2, -0.15) is 0 Å². The number of rotatable bonds is 8. The minimum absolute atomic E-state index is 0.0688. The average Bonchev–Trinajstić information content (AvgIpc) is 2.86. The van der Waals surface area contributed by atoms with Crippen LogP contribution in [0.5, 0.6) is 5.75 Å². The van der Waals surface area contributed by atoms with Crippen molar-refractivity contribution in [1.82, 2.24) is 14.9 Å². The Balaban J connectivity index is 1.42. The second-order valence-electron chi connectivity index (χ2n) is 8.83. The van der Waals surface area contributed by atoms with Crippen LogP contribution in [-0.2, 0) is 6.42 Å². The Kier molecular flexibility index (Phi) is 7.78. The molecule has 34 heavy (non-hydrogen) atoms. The number of hydrogen-bond acceptors (Lipinski definition) is 5. The summed E-state index contributed by atoms with van der Waals surface area (Å²) in [5.74, 6) is 2.66. The molecule has 0 spiro atoms. The van der Waals surface area contributed by atoms with Gasteiger partial charge in [0.15, 0.2) is 0 Å². The van der Waals surface area contributed by atoms with Crippen LogP contribution in [0.1, 0.15) is 52.8 Å². The largest absolute Gasteiger partial charge is 0.494 e. The minimum Gasteiger partial charge on any atom is -0.494 e. The molecule has 2 heterocycles. The number of ether oxygens (including phenoxy) is 1. The van der Waals surface area contributed by atoms with E-state index in [1.807, 2.05) is 42.2 Å². The number of nitrogens with zero attached hydrogens (tertiary/aromatic N) is 4. The Bertz CT molecular complexity index is 1090. The Hall–Kier alpha value is -3.41. The first kappa shape index (κ1) is 23.7. The fourth-order valence-corrected chi connectivity index (χ4v) is 4.32. The lowest BCUT2D eigenvalue weighted by atomic mass is 10.0. The van der Waals surface area contributed by atoms with Gasteiger partial charge in [-0.1, -0.05) is 43.7 Å². The topological polar surface area (TPSA) is 58.6 Å². The molecule has 2 aromatic carbocycles. The average molecular weight is 459 g/mol. The molecule has 6 heteroatoms. The molecule has 1 aliphatic heterocycles. The highest BCUT2D eigenvalue weighted by Crippen LogP contribution is 2.25. The van der Waals surface area contributed by atoms with Crippen LogP contribution in [0.25, 0.3) is 0 Å². The summed E-state index contributed by atoms with van der Waals surface area (Å²) in [5.41, 5.74) is 4.13. The van der Waals surface area contributed by atoms with Crippen molar-refractivity contribution in [3.63, 3.8) is 0 Å². The molecule has 0 aliphatic carbocycles. The van der Waals surface area contributed by atoms with E-state index in [-0.39, 0.29) is 5.91 Å². The van der Waals surface area contributed by atoms with Gasteiger partial charge in [-0.25, -0.2) is 9.97 Å². The number of benzene rings is 2. The Morgan fingerprint density at radius 3 is 2.32 bits per heavy atom. The quantitative estimate of drug-likeness (QED) is 0.453. The SMILES string of the molecule is CCCCOc1ccc(C(=O)N2CCN(c3nc(C)nc(C)c3Cc3ccccc3)CC2)cc1. The molecule has 0 bridgehead atoms. The number of carbonyl (C=O) groups is 1. The van der Waals surface area contributed by atoms with Crippen molar-refractivity contribution in [2.45, 2.75) is 40.0 Å². The van der Waals surface area contributed by atoms with Crippen LogP contribution in [0.3, 0.4) is 0 Å². The summed E-state index contributed by atoms with van der Waals surface area (Å²) >= 11 is 0. The van der Waals surface area contributed by atoms with Gasteiger partial charge in [0.05, 0.1) is 6.61 Å². The third kappa shape index (κ3) is 5.74. The van der Waals surface area contributed by atoms with Crippen LogP contribution >= 0.6 is 0 Å². The number of aryl methyl sites for hydroxylation is 2. The lowest BCUT2D eigenvalue weighted by Gasteiger charge is -2.36. The Labute approximate surface area is 202 Å². The molecule has 0 N–H and O–H groups in total. The van der Waals surface area contributed by atoms with Crippen LogP contribution < -0.4 is 9.64 Å². The zero-order valence-electron chi connectivity index (χ0n) is 20.5. The number of piperazine rings is 1. The highest BCUT2D eigenvalue weighted by molar-refractivity contribution is 5.94. The third-order valence-corrected chi connectivity index (χ3v) is 6.26. The molecular formula is C28H34N4O2. The normalized spacial score (nSPS) is 13.7. The molecule has 0 saturated carbocycles. The summed E-state index contributed by atoms with van der Waals surface area (Å²) in [6.07, 6.45) is 2.93. The van der Waals surface area contributed by atoms with Crippen LogP contribution in [0.15, 0.2) is 54.6 Å². The van der Waals surface area contributed by atoms with Crippen LogP contribution in [0.2, 0.25) is 0 Å². The second-order valence-corrected chi connectivity index (χ2v) is 8.83. The molecule has 178 valence electrons. The maximum atomic E-state index is 13.1. The molecule has 1 fully saturated rings. The maximum absolute atomic E-state index is 13.1. The summed E-state index contributed by atoms with van der Waals surface area (Å²) in [6.45, 7) is 9.69. The van der Waals surface area contributed by atoms with Crippen LogP contribution in [0.4, 0.5) is 5.82 Å². The predicted molar refractivity (Wildman–Crippen MR) is 136 cm³/mol. The van der Waals surface area contributed by atoms with E-state index in [0.29, 0.717) is 25.3 Å². The zero-order valence-corrected chi connectivity index (χ0v) is 20.5. The summed E-state index contributed by atoms with van der Waals surface area (Å²) < 4.78 is 5.72. The molecule has 1 saturated heterocycles. The predicted octanol–water partition coefficient (Wildman–Crippen LogP) is 4.83. The van der Waals surface area contributed by atoms with Gasteiger partial charge in [0.25, 0.3) is 5.91 Å². The van der Waals surface area contributed by atoms with Crippen LogP contribution in [-0.4, -0.2) is 53.6 Å².